The van der Waals surface area contributed by atoms with Crippen LogP contribution in [-0.2, 0) is 0 Å². The molecule has 1 aromatic carbocycles. The number of rotatable bonds is 2. The van der Waals surface area contributed by atoms with E-state index in [0.29, 0.717) is 5.17 Å². The molecule has 7 heteroatoms. The number of amidine groups is 1. The van der Waals surface area contributed by atoms with Gasteiger partial charge in [-0.25, -0.2) is 4.99 Å². The van der Waals surface area contributed by atoms with Crippen LogP contribution in [0.1, 0.15) is 11.1 Å². The number of thioether (sulfide) groups is 1. The van der Waals surface area contributed by atoms with E-state index in [-0.39, 0.29) is 11.4 Å². The van der Waals surface area contributed by atoms with Crippen molar-refractivity contribution < 1.29 is 4.92 Å². The molecular formula is C11H12N4O2S. The summed E-state index contributed by atoms with van der Waals surface area (Å²) in [5, 5.41) is 22.2. The van der Waals surface area contributed by atoms with Gasteiger partial charge in [-0.1, -0.05) is 17.8 Å². The van der Waals surface area contributed by atoms with Crippen LogP contribution in [0, 0.1) is 35.4 Å². The molecule has 1 N–H and O–H groups in total. The molecule has 0 radical (unpaired) electrons. The SMILES string of the molecule is CSC(=Nc1c([N+](=O)[O-])ccc(C)c1C)NC#N. The van der Waals surface area contributed by atoms with Gasteiger partial charge in [0, 0.05) is 6.07 Å². The third-order valence-electron chi connectivity index (χ3n) is 2.45. The van der Waals surface area contributed by atoms with Crippen LogP contribution >= 0.6 is 11.8 Å². The van der Waals surface area contributed by atoms with E-state index >= 15 is 0 Å². The number of nitriles is 1. The van der Waals surface area contributed by atoms with Crippen molar-refractivity contribution in [3.05, 3.63) is 33.4 Å². The molecule has 0 atom stereocenters. The summed E-state index contributed by atoms with van der Waals surface area (Å²) < 4.78 is 0. The van der Waals surface area contributed by atoms with Crippen molar-refractivity contribution in [2.24, 2.45) is 4.99 Å². The summed E-state index contributed by atoms with van der Waals surface area (Å²) in [5.74, 6) is 0. The molecule has 0 aromatic heterocycles. The molecule has 0 aliphatic carbocycles. The van der Waals surface area contributed by atoms with Crippen molar-refractivity contribution in [1.29, 1.82) is 5.26 Å². The minimum absolute atomic E-state index is 0.0654. The Morgan fingerprint density at radius 2 is 2.22 bits per heavy atom. The maximum atomic E-state index is 11.0. The summed E-state index contributed by atoms with van der Waals surface area (Å²) in [6, 6.07) is 3.11. The van der Waals surface area contributed by atoms with Crippen molar-refractivity contribution in [2.75, 3.05) is 6.26 Å². The maximum absolute atomic E-state index is 11.0. The molecule has 6 nitrogen and oxygen atoms in total. The molecule has 0 aliphatic rings. The number of hydrogen-bond donors (Lipinski definition) is 1. The summed E-state index contributed by atoms with van der Waals surface area (Å²) in [6.07, 6.45) is 3.49. The van der Waals surface area contributed by atoms with Crippen LogP contribution in [0.25, 0.3) is 0 Å². The third kappa shape index (κ3) is 2.99. The van der Waals surface area contributed by atoms with Gasteiger partial charge in [0.2, 0.25) is 0 Å². The molecular weight excluding hydrogens is 252 g/mol. The Bertz CT molecular complexity index is 549. The highest BCUT2D eigenvalue weighted by molar-refractivity contribution is 8.13. The van der Waals surface area contributed by atoms with Gasteiger partial charge < -0.3 is 0 Å². The van der Waals surface area contributed by atoms with Crippen LogP contribution in [0.15, 0.2) is 17.1 Å². The van der Waals surface area contributed by atoms with Gasteiger partial charge in [0.25, 0.3) is 5.69 Å². The predicted molar refractivity (Wildman–Crippen MR) is 71.9 cm³/mol. The molecule has 94 valence electrons. The molecule has 0 spiro atoms. The smallest absolute Gasteiger partial charge is 0.271 e. The lowest BCUT2D eigenvalue weighted by Crippen LogP contribution is -2.12. The standard InChI is InChI=1S/C11H12N4O2S/c1-7-4-5-9(15(16)17)10(8(7)2)14-11(18-3)13-6-12/h4-5H,1-3H3,(H,13,14). The Balaban J connectivity index is 3.42. The van der Waals surface area contributed by atoms with E-state index in [2.05, 4.69) is 10.3 Å². The lowest BCUT2D eigenvalue weighted by atomic mass is 10.1. The van der Waals surface area contributed by atoms with Gasteiger partial charge >= 0.3 is 0 Å². The van der Waals surface area contributed by atoms with E-state index in [0.717, 1.165) is 11.1 Å². The fourth-order valence-electron chi connectivity index (χ4n) is 1.35. The second-order valence-corrected chi connectivity index (χ2v) is 4.29. The van der Waals surface area contributed by atoms with Crippen LogP contribution in [0.4, 0.5) is 11.4 Å². The summed E-state index contributed by atoms with van der Waals surface area (Å²) >= 11 is 1.22. The molecule has 18 heavy (non-hydrogen) atoms. The van der Waals surface area contributed by atoms with Crippen LogP contribution < -0.4 is 5.32 Å². The molecule has 1 rings (SSSR count). The lowest BCUT2D eigenvalue weighted by molar-refractivity contribution is -0.384. The summed E-state index contributed by atoms with van der Waals surface area (Å²) in [4.78, 5) is 14.6. The molecule has 0 heterocycles. The Kier molecular flexibility index (Phi) is 4.68. The first-order valence-corrected chi connectivity index (χ1v) is 6.26. The summed E-state index contributed by atoms with van der Waals surface area (Å²) in [7, 11) is 0. The number of nitrogens with zero attached hydrogens (tertiary/aromatic N) is 3. The van der Waals surface area contributed by atoms with Gasteiger partial charge in [-0.15, -0.1) is 0 Å². The van der Waals surface area contributed by atoms with Gasteiger partial charge in [0.1, 0.15) is 5.69 Å². The zero-order valence-electron chi connectivity index (χ0n) is 10.2. The first-order chi connectivity index (χ1) is 8.51. The predicted octanol–water partition coefficient (Wildman–Crippen LogP) is 2.63. The largest absolute Gasteiger partial charge is 0.295 e. The van der Waals surface area contributed by atoms with Crippen molar-refractivity contribution in [1.82, 2.24) is 5.32 Å². The zero-order chi connectivity index (χ0) is 13.7. The van der Waals surface area contributed by atoms with E-state index in [4.69, 9.17) is 5.26 Å². The fourth-order valence-corrected chi connectivity index (χ4v) is 1.68. The zero-order valence-corrected chi connectivity index (χ0v) is 11.0. The molecule has 0 fully saturated rings. The fraction of sp³-hybridized carbons (Fsp3) is 0.273. The second kappa shape index (κ2) is 6.02. The number of aliphatic imine (C=N–C) groups is 1. The molecule has 0 amide bonds. The molecule has 0 bridgehead atoms. The van der Waals surface area contributed by atoms with Crippen LogP contribution in [0.2, 0.25) is 0 Å². The van der Waals surface area contributed by atoms with Gasteiger partial charge in [0.15, 0.2) is 11.4 Å². The Morgan fingerprint density at radius 1 is 1.56 bits per heavy atom. The maximum Gasteiger partial charge on any atom is 0.295 e. The monoisotopic (exact) mass is 264 g/mol. The first-order valence-electron chi connectivity index (χ1n) is 5.03. The summed E-state index contributed by atoms with van der Waals surface area (Å²) in [6.45, 7) is 3.63. The number of benzene rings is 1. The number of nitro benzene ring substituents is 1. The highest BCUT2D eigenvalue weighted by Gasteiger charge is 2.17. The van der Waals surface area contributed by atoms with Crippen molar-refractivity contribution >= 4 is 28.3 Å². The quantitative estimate of drug-likeness (QED) is 0.221. The van der Waals surface area contributed by atoms with Crippen LogP contribution in [0.3, 0.4) is 0 Å². The Morgan fingerprint density at radius 3 is 2.72 bits per heavy atom. The van der Waals surface area contributed by atoms with Crippen molar-refractivity contribution in [3.8, 4) is 6.19 Å². The molecule has 0 saturated carbocycles. The molecule has 1 aromatic rings. The van der Waals surface area contributed by atoms with E-state index in [1.807, 2.05) is 6.92 Å². The average Bonchev–Trinajstić information content (AvgIpc) is 2.33. The highest BCUT2D eigenvalue weighted by Crippen LogP contribution is 2.33. The molecule has 0 aliphatic heterocycles. The minimum atomic E-state index is -0.477. The third-order valence-corrected chi connectivity index (χ3v) is 3.03. The minimum Gasteiger partial charge on any atom is -0.271 e. The van der Waals surface area contributed by atoms with E-state index in [1.54, 1.807) is 25.4 Å². The van der Waals surface area contributed by atoms with E-state index in [9.17, 15) is 10.1 Å². The van der Waals surface area contributed by atoms with Crippen LogP contribution in [-0.4, -0.2) is 16.3 Å². The van der Waals surface area contributed by atoms with Gasteiger partial charge in [-0.2, -0.15) is 5.26 Å². The Hall–Kier alpha value is -2.07. The van der Waals surface area contributed by atoms with Gasteiger partial charge in [0.05, 0.1) is 4.92 Å². The van der Waals surface area contributed by atoms with Crippen LogP contribution in [0.5, 0.6) is 0 Å². The number of nitro groups is 1. The van der Waals surface area contributed by atoms with Gasteiger partial charge in [-0.3, -0.25) is 15.4 Å². The average molecular weight is 264 g/mol. The van der Waals surface area contributed by atoms with Crippen molar-refractivity contribution in [2.45, 2.75) is 13.8 Å². The van der Waals surface area contributed by atoms with E-state index < -0.39 is 4.92 Å². The summed E-state index contributed by atoms with van der Waals surface area (Å²) in [5.41, 5.74) is 1.86. The molecule has 0 unspecified atom stereocenters. The topological polar surface area (TPSA) is 91.3 Å². The van der Waals surface area contributed by atoms with Crippen molar-refractivity contribution in [3.63, 3.8) is 0 Å². The lowest BCUT2D eigenvalue weighted by Gasteiger charge is -2.06. The first kappa shape index (κ1) is 14.0. The number of aryl methyl sites for hydroxylation is 1. The molecule has 0 saturated heterocycles. The number of nitrogens with one attached hydrogen (secondary N) is 1. The number of hydrogen-bond acceptors (Lipinski definition) is 5. The highest BCUT2D eigenvalue weighted by atomic mass is 32.2. The Labute approximate surface area is 109 Å². The normalized spacial score (nSPS) is 10.9. The second-order valence-electron chi connectivity index (χ2n) is 3.49. The van der Waals surface area contributed by atoms with Gasteiger partial charge in [-0.05, 0) is 31.2 Å². The van der Waals surface area contributed by atoms with E-state index in [1.165, 1.54) is 17.8 Å².